The molecular weight excluding hydrogens is 316 g/mol. The number of fused-ring (bicyclic) bond motifs is 4. The molecule has 0 saturated heterocycles. The van der Waals surface area contributed by atoms with Crippen molar-refractivity contribution >= 4 is 21.7 Å². The molecule has 0 fully saturated rings. The Bertz CT molecular complexity index is 1170. The van der Waals surface area contributed by atoms with E-state index in [0.29, 0.717) is 41.2 Å². The second-order valence-corrected chi connectivity index (χ2v) is 6.00. The first-order valence-corrected chi connectivity index (χ1v) is 8.14. The van der Waals surface area contributed by atoms with Crippen LogP contribution in [0.3, 0.4) is 0 Å². The second-order valence-electron chi connectivity index (χ2n) is 6.00. The van der Waals surface area contributed by atoms with Crippen LogP contribution >= 0.6 is 0 Å². The van der Waals surface area contributed by atoms with E-state index in [-0.39, 0.29) is 5.43 Å². The molecule has 1 aromatic heterocycles. The summed E-state index contributed by atoms with van der Waals surface area (Å²) < 4.78 is 16.9. The van der Waals surface area contributed by atoms with Crippen LogP contribution < -0.4 is 14.9 Å². The van der Waals surface area contributed by atoms with Crippen molar-refractivity contribution in [3.8, 4) is 22.6 Å². The lowest BCUT2D eigenvalue weighted by atomic mass is 10.0. The van der Waals surface area contributed by atoms with Crippen LogP contribution in [-0.2, 0) is 0 Å². The third kappa shape index (κ3) is 2.18. The van der Waals surface area contributed by atoms with Crippen LogP contribution in [0.1, 0.15) is 0 Å². The zero-order valence-corrected chi connectivity index (χ0v) is 13.3. The maximum Gasteiger partial charge on any atom is 0.201 e. The average molecular weight is 330 g/mol. The van der Waals surface area contributed by atoms with E-state index >= 15 is 0 Å². The molecule has 5 rings (SSSR count). The van der Waals surface area contributed by atoms with E-state index in [9.17, 15) is 4.79 Å². The third-order valence-electron chi connectivity index (χ3n) is 4.52. The fourth-order valence-electron chi connectivity index (χ4n) is 3.30. The quantitative estimate of drug-likeness (QED) is 0.486. The van der Waals surface area contributed by atoms with Gasteiger partial charge in [-0.25, -0.2) is 0 Å². The lowest BCUT2D eigenvalue weighted by Crippen LogP contribution is -2.15. The van der Waals surface area contributed by atoms with Crippen molar-refractivity contribution in [2.75, 3.05) is 13.2 Å². The van der Waals surface area contributed by atoms with E-state index in [2.05, 4.69) is 0 Å². The van der Waals surface area contributed by atoms with Crippen LogP contribution in [0, 0.1) is 0 Å². The number of ether oxygens (including phenoxy) is 2. The summed E-state index contributed by atoms with van der Waals surface area (Å²) in [5, 5.41) is 2.51. The first kappa shape index (κ1) is 14.1. The molecule has 1 aliphatic rings. The zero-order chi connectivity index (χ0) is 16.8. The van der Waals surface area contributed by atoms with Gasteiger partial charge in [-0.05, 0) is 34.5 Å². The molecule has 1 aliphatic heterocycles. The summed E-state index contributed by atoms with van der Waals surface area (Å²) in [6.07, 6.45) is 1.52. The van der Waals surface area contributed by atoms with Gasteiger partial charge in [0, 0.05) is 0 Å². The SMILES string of the molecule is O=c1c(-c2ccc3c(c2)OCCO3)coc2ccc3ccccc3c12. The summed E-state index contributed by atoms with van der Waals surface area (Å²) in [5.41, 5.74) is 1.81. The molecule has 0 saturated carbocycles. The molecule has 0 bridgehead atoms. The molecule has 4 nitrogen and oxygen atoms in total. The summed E-state index contributed by atoms with van der Waals surface area (Å²) in [4.78, 5) is 13.2. The molecule has 25 heavy (non-hydrogen) atoms. The van der Waals surface area contributed by atoms with Crippen molar-refractivity contribution in [2.24, 2.45) is 0 Å². The zero-order valence-electron chi connectivity index (χ0n) is 13.3. The topological polar surface area (TPSA) is 48.7 Å². The van der Waals surface area contributed by atoms with Crippen molar-refractivity contribution in [1.29, 1.82) is 0 Å². The molecule has 0 radical (unpaired) electrons. The summed E-state index contributed by atoms with van der Waals surface area (Å²) >= 11 is 0. The fraction of sp³-hybridized carbons (Fsp3) is 0.0952. The highest BCUT2D eigenvalue weighted by Crippen LogP contribution is 2.34. The molecule has 122 valence electrons. The minimum Gasteiger partial charge on any atom is -0.486 e. The van der Waals surface area contributed by atoms with Gasteiger partial charge in [-0.1, -0.05) is 36.4 Å². The van der Waals surface area contributed by atoms with Gasteiger partial charge in [0.1, 0.15) is 25.1 Å². The van der Waals surface area contributed by atoms with Crippen LogP contribution in [0.25, 0.3) is 32.9 Å². The molecule has 3 aromatic carbocycles. The highest BCUT2D eigenvalue weighted by Gasteiger charge is 2.16. The average Bonchev–Trinajstić information content (AvgIpc) is 2.67. The first-order valence-electron chi connectivity index (χ1n) is 8.14. The Morgan fingerprint density at radius 2 is 1.68 bits per heavy atom. The van der Waals surface area contributed by atoms with Gasteiger partial charge in [0.25, 0.3) is 0 Å². The van der Waals surface area contributed by atoms with Crippen LogP contribution in [0.2, 0.25) is 0 Å². The molecule has 0 spiro atoms. The predicted molar refractivity (Wildman–Crippen MR) is 96.4 cm³/mol. The van der Waals surface area contributed by atoms with Crippen molar-refractivity contribution in [3.63, 3.8) is 0 Å². The molecule has 2 heterocycles. The van der Waals surface area contributed by atoms with Gasteiger partial charge in [0.15, 0.2) is 11.5 Å². The highest BCUT2D eigenvalue weighted by atomic mass is 16.6. The van der Waals surface area contributed by atoms with E-state index in [4.69, 9.17) is 13.9 Å². The standard InChI is InChI=1S/C21H14O4/c22-21-16(14-6-7-17-19(11-14)24-10-9-23-17)12-25-18-8-5-13-3-1-2-4-15(13)20(18)21/h1-8,11-12H,9-10H2. The maximum atomic E-state index is 13.2. The Kier molecular flexibility index (Phi) is 3.04. The molecule has 0 atom stereocenters. The second kappa shape index (κ2) is 5.38. The first-order chi connectivity index (χ1) is 12.3. The molecule has 4 aromatic rings. The van der Waals surface area contributed by atoms with E-state index in [1.807, 2.05) is 54.6 Å². The summed E-state index contributed by atoms with van der Waals surface area (Å²) in [6.45, 7) is 1.05. The van der Waals surface area contributed by atoms with Crippen molar-refractivity contribution in [2.45, 2.75) is 0 Å². The molecule has 0 aliphatic carbocycles. The molecule has 4 heteroatoms. The Balaban J connectivity index is 1.78. The number of hydrogen-bond donors (Lipinski definition) is 0. The maximum absolute atomic E-state index is 13.2. The van der Waals surface area contributed by atoms with Crippen molar-refractivity contribution in [3.05, 3.63) is 71.1 Å². The Hall–Kier alpha value is -3.27. The molecule has 0 unspecified atom stereocenters. The van der Waals surface area contributed by atoms with E-state index in [1.165, 1.54) is 6.26 Å². The van der Waals surface area contributed by atoms with Crippen LogP contribution in [0.5, 0.6) is 11.5 Å². The lowest BCUT2D eigenvalue weighted by Gasteiger charge is -2.18. The number of hydrogen-bond acceptors (Lipinski definition) is 4. The number of benzene rings is 3. The normalized spacial score (nSPS) is 13.3. The van der Waals surface area contributed by atoms with E-state index < -0.39 is 0 Å². The summed E-state index contributed by atoms with van der Waals surface area (Å²) in [6, 6.07) is 17.1. The Labute approximate surface area is 143 Å². The van der Waals surface area contributed by atoms with Gasteiger partial charge in [0.05, 0.1) is 10.9 Å². The minimum absolute atomic E-state index is 0.0465. The fourth-order valence-corrected chi connectivity index (χ4v) is 3.30. The van der Waals surface area contributed by atoms with Crippen LogP contribution in [0.4, 0.5) is 0 Å². The monoisotopic (exact) mass is 330 g/mol. The van der Waals surface area contributed by atoms with Gasteiger partial charge in [-0.2, -0.15) is 0 Å². The van der Waals surface area contributed by atoms with Crippen LogP contribution in [0.15, 0.2) is 70.1 Å². The highest BCUT2D eigenvalue weighted by molar-refractivity contribution is 6.06. The number of rotatable bonds is 1. The smallest absolute Gasteiger partial charge is 0.201 e. The molecule has 0 N–H and O–H groups in total. The predicted octanol–water partition coefficient (Wildman–Crippen LogP) is 4.38. The van der Waals surface area contributed by atoms with Gasteiger partial charge in [-0.3, -0.25) is 4.79 Å². The summed E-state index contributed by atoms with van der Waals surface area (Å²) in [5.74, 6) is 1.35. The largest absolute Gasteiger partial charge is 0.486 e. The Morgan fingerprint density at radius 1 is 0.840 bits per heavy atom. The third-order valence-corrected chi connectivity index (χ3v) is 4.52. The minimum atomic E-state index is -0.0465. The van der Waals surface area contributed by atoms with E-state index in [1.54, 1.807) is 0 Å². The van der Waals surface area contributed by atoms with Gasteiger partial charge in [0.2, 0.25) is 5.43 Å². The van der Waals surface area contributed by atoms with Crippen LogP contribution in [-0.4, -0.2) is 13.2 Å². The lowest BCUT2D eigenvalue weighted by molar-refractivity contribution is 0.171. The van der Waals surface area contributed by atoms with Gasteiger partial charge < -0.3 is 13.9 Å². The van der Waals surface area contributed by atoms with Gasteiger partial charge >= 0.3 is 0 Å². The molecular formula is C21H14O4. The molecule has 0 amide bonds. The van der Waals surface area contributed by atoms with Gasteiger partial charge in [-0.15, -0.1) is 0 Å². The van der Waals surface area contributed by atoms with E-state index in [0.717, 1.165) is 16.3 Å². The summed E-state index contributed by atoms with van der Waals surface area (Å²) in [7, 11) is 0. The van der Waals surface area contributed by atoms with Crippen molar-refractivity contribution < 1.29 is 13.9 Å². The van der Waals surface area contributed by atoms with Crippen molar-refractivity contribution in [1.82, 2.24) is 0 Å². The Morgan fingerprint density at radius 3 is 2.60 bits per heavy atom.